The zero-order chi connectivity index (χ0) is 21.6. The van der Waals surface area contributed by atoms with E-state index >= 15 is 0 Å². The van der Waals surface area contributed by atoms with Gasteiger partial charge in [-0.25, -0.2) is 8.42 Å². The molecule has 1 saturated carbocycles. The van der Waals surface area contributed by atoms with E-state index in [0.29, 0.717) is 50.9 Å². The van der Waals surface area contributed by atoms with Crippen LogP contribution in [0.1, 0.15) is 19.3 Å². The van der Waals surface area contributed by atoms with Crippen LogP contribution in [-0.2, 0) is 19.6 Å². The Morgan fingerprint density at radius 1 is 1.13 bits per heavy atom. The first-order chi connectivity index (χ1) is 14.4. The van der Waals surface area contributed by atoms with Gasteiger partial charge in [0.05, 0.1) is 11.4 Å². The molecule has 1 aliphatic heterocycles. The Morgan fingerprint density at radius 3 is 2.40 bits per heavy atom. The first kappa shape index (κ1) is 23.1. The second-order valence-corrected chi connectivity index (χ2v) is 10.4. The van der Waals surface area contributed by atoms with Crippen LogP contribution in [0.5, 0.6) is 0 Å². The average Bonchev–Trinajstić information content (AvgIpc) is 3.55. The summed E-state index contributed by atoms with van der Waals surface area (Å²) in [5.74, 6) is 0.506. The summed E-state index contributed by atoms with van der Waals surface area (Å²) in [7, 11) is -3.78. The molecule has 2 fully saturated rings. The smallest absolute Gasteiger partial charge is 0.241 e. The molecule has 1 saturated heterocycles. The van der Waals surface area contributed by atoms with Crippen LogP contribution in [0.2, 0.25) is 0 Å². The lowest BCUT2D eigenvalue weighted by Gasteiger charge is -2.36. The summed E-state index contributed by atoms with van der Waals surface area (Å²) in [4.78, 5) is 29.0. The zero-order valence-electron chi connectivity index (χ0n) is 17.2. The average molecular weight is 455 g/mol. The van der Waals surface area contributed by atoms with Crippen molar-refractivity contribution in [3.8, 4) is 0 Å². The fraction of sp³-hybridized carbons (Fsp3) is 0.600. The first-order valence-corrected chi connectivity index (χ1v) is 13.1. The highest BCUT2D eigenvalue weighted by Crippen LogP contribution is 2.18. The van der Waals surface area contributed by atoms with E-state index in [0.717, 1.165) is 12.8 Å². The van der Waals surface area contributed by atoms with Crippen LogP contribution >= 0.6 is 11.8 Å². The summed E-state index contributed by atoms with van der Waals surface area (Å²) in [5, 5.41) is 2.98. The number of sulfonamides is 1. The van der Waals surface area contributed by atoms with Gasteiger partial charge in [0, 0.05) is 32.2 Å². The van der Waals surface area contributed by atoms with Crippen LogP contribution in [0.15, 0.2) is 35.2 Å². The summed E-state index contributed by atoms with van der Waals surface area (Å²) < 4.78 is 28.0. The molecular weight excluding hydrogens is 424 g/mol. The molecule has 1 aromatic rings. The largest absolute Gasteiger partial charge is 0.352 e. The monoisotopic (exact) mass is 454 g/mol. The van der Waals surface area contributed by atoms with Gasteiger partial charge in [0.15, 0.2) is 0 Å². The number of piperazine rings is 1. The number of hydrogen-bond donors (Lipinski definition) is 2. The second-order valence-electron chi connectivity index (χ2n) is 7.71. The van der Waals surface area contributed by atoms with Crippen LogP contribution in [0, 0.1) is 0 Å². The van der Waals surface area contributed by atoms with Crippen molar-refractivity contribution < 1.29 is 18.0 Å². The molecule has 10 heteroatoms. The fourth-order valence-electron chi connectivity index (χ4n) is 3.37. The maximum absolute atomic E-state index is 13.1. The molecule has 1 aliphatic carbocycles. The van der Waals surface area contributed by atoms with Gasteiger partial charge in [-0.2, -0.15) is 16.5 Å². The Hall–Kier alpha value is -1.62. The molecule has 1 atom stereocenters. The summed E-state index contributed by atoms with van der Waals surface area (Å²) >= 11 is 1.57. The topological polar surface area (TPSA) is 98.8 Å². The van der Waals surface area contributed by atoms with E-state index < -0.39 is 16.1 Å². The summed E-state index contributed by atoms with van der Waals surface area (Å²) in [6.07, 6.45) is 4.48. The van der Waals surface area contributed by atoms with Gasteiger partial charge in [-0.05, 0) is 43.4 Å². The molecule has 1 aromatic carbocycles. The predicted molar refractivity (Wildman–Crippen MR) is 118 cm³/mol. The van der Waals surface area contributed by atoms with Crippen LogP contribution in [0.3, 0.4) is 0 Å². The number of thioether (sulfide) groups is 1. The SMILES string of the molecule is CSCCC(NS(=O)(=O)c1ccccc1)C(=O)N1CCN(CC(=O)NC2CC2)CC1. The lowest BCUT2D eigenvalue weighted by Crippen LogP contribution is -2.56. The molecule has 166 valence electrons. The summed E-state index contributed by atoms with van der Waals surface area (Å²) in [6, 6.07) is 7.65. The van der Waals surface area contributed by atoms with E-state index in [1.807, 2.05) is 11.2 Å². The van der Waals surface area contributed by atoms with Crippen LogP contribution in [0.25, 0.3) is 0 Å². The van der Waals surface area contributed by atoms with E-state index in [4.69, 9.17) is 0 Å². The van der Waals surface area contributed by atoms with Crippen molar-refractivity contribution in [2.24, 2.45) is 0 Å². The molecule has 3 rings (SSSR count). The molecule has 1 unspecified atom stereocenters. The molecular formula is C20H30N4O4S2. The zero-order valence-corrected chi connectivity index (χ0v) is 18.9. The molecule has 1 heterocycles. The standard InChI is InChI=1S/C20H30N4O4S2/c1-29-14-9-18(22-30(27,28)17-5-3-2-4-6-17)20(26)24-12-10-23(11-13-24)15-19(25)21-16-7-8-16/h2-6,16,18,22H,7-15H2,1H3,(H,21,25). The number of carbonyl (C=O) groups is 2. The number of amides is 2. The molecule has 8 nitrogen and oxygen atoms in total. The van der Waals surface area contributed by atoms with E-state index in [2.05, 4.69) is 10.0 Å². The van der Waals surface area contributed by atoms with Gasteiger partial charge in [0.25, 0.3) is 0 Å². The first-order valence-electron chi connectivity index (χ1n) is 10.3. The number of carbonyl (C=O) groups excluding carboxylic acids is 2. The minimum absolute atomic E-state index is 0.0331. The van der Waals surface area contributed by atoms with E-state index in [1.54, 1.807) is 34.9 Å². The molecule has 0 aromatic heterocycles. The van der Waals surface area contributed by atoms with Gasteiger partial charge < -0.3 is 10.2 Å². The highest BCUT2D eigenvalue weighted by Gasteiger charge is 2.31. The fourth-order valence-corrected chi connectivity index (χ4v) is 5.09. The number of nitrogens with zero attached hydrogens (tertiary/aromatic N) is 2. The van der Waals surface area contributed by atoms with Gasteiger partial charge in [-0.1, -0.05) is 18.2 Å². The van der Waals surface area contributed by atoms with E-state index in [1.165, 1.54) is 12.1 Å². The van der Waals surface area contributed by atoms with Gasteiger partial charge in [0.1, 0.15) is 6.04 Å². The van der Waals surface area contributed by atoms with Gasteiger partial charge in [0.2, 0.25) is 21.8 Å². The Kier molecular flexibility index (Phi) is 8.15. The minimum Gasteiger partial charge on any atom is -0.352 e. The van der Waals surface area contributed by atoms with Crippen molar-refractivity contribution in [3.05, 3.63) is 30.3 Å². The lowest BCUT2D eigenvalue weighted by molar-refractivity contribution is -0.135. The minimum atomic E-state index is -3.78. The highest BCUT2D eigenvalue weighted by atomic mass is 32.2. The third-order valence-corrected chi connectivity index (χ3v) is 7.38. The van der Waals surface area contributed by atoms with E-state index in [-0.39, 0.29) is 16.7 Å². The van der Waals surface area contributed by atoms with Gasteiger partial charge >= 0.3 is 0 Å². The summed E-state index contributed by atoms with van der Waals surface area (Å²) in [5.41, 5.74) is 0. The van der Waals surface area contributed by atoms with Gasteiger partial charge in [-0.15, -0.1) is 0 Å². The van der Waals surface area contributed by atoms with Crippen molar-refractivity contribution in [3.63, 3.8) is 0 Å². The molecule has 0 radical (unpaired) electrons. The highest BCUT2D eigenvalue weighted by molar-refractivity contribution is 7.98. The molecule has 2 aliphatic rings. The quantitative estimate of drug-likeness (QED) is 0.535. The Bertz CT molecular complexity index is 822. The molecule has 0 bridgehead atoms. The van der Waals surface area contributed by atoms with E-state index in [9.17, 15) is 18.0 Å². The van der Waals surface area contributed by atoms with Crippen molar-refractivity contribution in [2.75, 3.05) is 44.7 Å². The molecule has 2 N–H and O–H groups in total. The Morgan fingerprint density at radius 2 is 1.80 bits per heavy atom. The van der Waals surface area contributed by atoms with Crippen LogP contribution in [-0.4, -0.2) is 86.8 Å². The maximum atomic E-state index is 13.1. The van der Waals surface area contributed by atoms with Crippen molar-refractivity contribution in [2.45, 2.75) is 36.2 Å². The molecule has 30 heavy (non-hydrogen) atoms. The normalized spacial score (nSPS) is 18.8. The van der Waals surface area contributed by atoms with Crippen molar-refractivity contribution in [1.82, 2.24) is 19.8 Å². The lowest BCUT2D eigenvalue weighted by atomic mass is 10.2. The van der Waals surface area contributed by atoms with Crippen LogP contribution in [0.4, 0.5) is 0 Å². The molecule has 2 amide bonds. The van der Waals surface area contributed by atoms with Crippen molar-refractivity contribution >= 4 is 33.6 Å². The number of hydrogen-bond acceptors (Lipinski definition) is 6. The third-order valence-electron chi connectivity index (χ3n) is 5.25. The Balaban J connectivity index is 1.56. The summed E-state index contributed by atoms with van der Waals surface area (Å²) in [6.45, 7) is 2.51. The van der Waals surface area contributed by atoms with Gasteiger partial charge in [-0.3, -0.25) is 14.5 Å². The Labute approximate surface area is 182 Å². The maximum Gasteiger partial charge on any atom is 0.241 e. The predicted octanol–water partition coefficient (Wildman–Crippen LogP) is 0.509. The number of nitrogens with one attached hydrogen (secondary N) is 2. The van der Waals surface area contributed by atoms with Crippen LogP contribution < -0.4 is 10.0 Å². The number of rotatable bonds is 10. The number of benzene rings is 1. The second kappa shape index (κ2) is 10.6. The third kappa shape index (κ3) is 6.69. The van der Waals surface area contributed by atoms with Crippen molar-refractivity contribution in [1.29, 1.82) is 0 Å². The molecule has 0 spiro atoms.